The van der Waals surface area contributed by atoms with Crippen molar-refractivity contribution in [1.29, 1.82) is 0 Å². The van der Waals surface area contributed by atoms with E-state index in [0.717, 1.165) is 102 Å². The molecule has 0 heterocycles. The summed E-state index contributed by atoms with van der Waals surface area (Å²) in [5, 5.41) is 10.6. The molecule has 0 radical (unpaired) electrons. The van der Waals surface area contributed by atoms with Crippen LogP contribution in [0.4, 0.5) is 0 Å². The highest BCUT2D eigenvalue weighted by Crippen LogP contribution is 2.45. The zero-order valence-electron chi connectivity index (χ0n) is 55.4. The van der Waals surface area contributed by atoms with Crippen LogP contribution in [-0.2, 0) is 65.4 Å². The Kier molecular flexibility index (Phi) is 59.2. The zero-order chi connectivity index (χ0) is 63.5. The number of ether oxygens (including phenoxy) is 4. The summed E-state index contributed by atoms with van der Waals surface area (Å²) in [7, 11) is -9.89. The Balaban J connectivity index is 5.22. The van der Waals surface area contributed by atoms with E-state index in [1.165, 1.54) is 161 Å². The average Bonchev–Trinajstić information content (AvgIpc) is 3.69. The van der Waals surface area contributed by atoms with E-state index in [1.807, 2.05) is 0 Å². The highest BCUT2D eigenvalue weighted by Gasteiger charge is 2.30. The van der Waals surface area contributed by atoms with Crippen LogP contribution < -0.4 is 0 Å². The fourth-order valence-electron chi connectivity index (χ4n) is 10.1. The van der Waals surface area contributed by atoms with Gasteiger partial charge < -0.3 is 33.8 Å². The molecule has 0 spiro atoms. The number of hydrogen-bond donors (Lipinski definition) is 3. The number of rotatable bonds is 67. The predicted octanol–water partition coefficient (Wildman–Crippen LogP) is 19.0. The maximum atomic E-state index is 13.0. The first-order valence-electron chi connectivity index (χ1n) is 35.2. The molecule has 0 saturated carbocycles. The van der Waals surface area contributed by atoms with Gasteiger partial charge in [-0.3, -0.25) is 37.3 Å². The highest BCUT2D eigenvalue weighted by molar-refractivity contribution is 7.47. The number of esters is 4. The van der Waals surface area contributed by atoms with Gasteiger partial charge in [-0.15, -0.1) is 0 Å². The van der Waals surface area contributed by atoms with Crippen molar-refractivity contribution < 1.29 is 80.2 Å². The van der Waals surface area contributed by atoms with Gasteiger partial charge in [-0.25, -0.2) is 9.13 Å². The van der Waals surface area contributed by atoms with Crippen LogP contribution in [0.25, 0.3) is 0 Å². The van der Waals surface area contributed by atoms with Gasteiger partial charge in [-0.2, -0.15) is 0 Å². The predicted molar refractivity (Wildman–Crippen MR) is 345 cm³/mol. The summed E-state index contributed by atoms with van der Waals surface area (Å²) in [6.45, 7) is 7.15. The van der Waals surface area contributed by atoms with E-state index in [1.54, 1.807) is 0 Å². The van der Waals surface area contributed by atoms with Crippen molar-refractivity contribution in [3.05, 3.63) is 0 Å². The van der Waals surface area contributed by atoms with E-state index in [4.69, 9.17) is 37.0 Å². The lowest BCUT2D eigenvalue weighted by Gasteiger charge is -2.21. The lowest BCUT2D eigenvalue weighted by atomic mass is 10.00. The maximum absolute atomic E-state index is 13.0. The molecule has 0 rings (SSSR count). The lowest BCUT2D eigenvalue weighted by molar-refractivity contribution is -0.161. The van der Waals surface area contributed by atoms with E-state index in [0.29, 0.717) is 25.7 Å². The molecular formula is C67H130O17P2. The van der Waals surface area contributed by atoms with E-state index < -0.39 is 97.5 Å². The van der Waals surface area contributed by atoms with Crippen LogP contribution in [0.2, 0.25) is 0 Å². The summed E-state index contributed by atoms with van der Waals surface area (Å²) in [6.07, 6.45) is 45.8. The molecule has 19 heteroatoms. The Labute approximate surface area is 524 Å². The minimum Gasteiger partial charge on any atom is -0.462 e. The zero-order valence-corrected chi connectivity index (χ0v) is 57.2. The number of phosphoric acid groups is 2. The molecule has 0 bridgehead atoms. The van der Waals surface area contributed by atoms with Crippen LogP contribution >= 0.6 is 15.6 Å². The largest absolute Gasteiger partial charge is 0.472 e. The van der Waals surface area contributed by atoms with Gasteiger partial charge in [0.1, 0.15) is 19.3 Å². The van der Waals surface area contributed by atoms with E-state index in [-0.39, 0.29) is 25.7 Å². The van der Waals surface area contributed by atoms with Gasteiger partial charge in [0.05, 0.1) is 26.4 Å². The third-order valence-electron chi connectivity index (χ3n) is 15.9. The molecule has 0 aromatic carbocycles. The van der Waals surface area contributed by atoms with Crippen molar-refractivity contribution in [3.8, 4) is 0 Å². The molecule has 6 atom stereocenters. The topological polar surface area (TPSA) is 237 Å². The number of unbranched alkanes of at least 4 members (excludes halogenated alkanes) is 38. The number of carbonyl (C=O) groups is 4. The Hall–Kier alpha value is -1.94. The Morgan fingerprint density at radius 1 is 0.326 bits per heavy atom. The van der Waals surface area contributed by atoms with Gasteiger partial charge in [0, 0.05) is 25.7 Å². The molecule has 0 aliphatic carbocycles. The molecule has 0 aromatic rings. The van der Waals surface area contributed by atoms with Crippen molar-refractivity contribution in [1.82, 2.24) is 0 Å². The lowest BCUT2D eigenvalue weighted by Crippen LogP contribution is -2.30. The normalized spacial score (nSPS) is 14.5. The van der Waals surface area contributed by atoms with Gasteiger partial charge in [-0.1, -0.05) is 291 Å². The Morgan fingerprint density at radius 2 is 0.558 bits per heavy atom. The summed E-state index contributed by atoms with van der Waals surface area (Å²) in [4.78, 5) is 72.3. The van der Waals surface area contributed by atoms with E-state index in [9.17, 15) is 43.2 Å². The van der Waals surface area contributed by atoms with Crippen LogP contribution in [0.3, 0.4) is 0 Å². The van der Waals surface area contributed by atoms with Gasteiger partial charge in [0.25, 0.3) is 0 Å². The standard InChI is InChI=1S/C67H130O17P2/c1-6-10-13-16-19-22-24-26-27-29-31-33-36-42-47-52-66(71)83-62(56-78-65(70)51-46-41-35-32-30-28-25-23-20-17-14-11-7-2)58-81-85(73,74)79-54-61(68)55-80-86(75,76)82-59-63(57-77-64(69)50-45-40-34-21-18-15-12-8-3)84-67(72)53-48-43-38-37-39-44-49-60(5)9-4/h60-63,68H,6-59H2,1-5H3,(H,73,74)(H,75,76)/t60?,61-,62-,63-/m1/s1. The van der Waals surface area contributed by atoms with Crippen LogP contribution in [0.5, 0.6) is 0 Å². The van der Waals surface area contributed by atoms with Gasteiger partial charge in [0.15, 0.2) is 12.2 Å². The highest BCUT2D eigenvalue weighted by atomic mass is 31.2. The first kappa shape index (κ1) is 84.1. The summed E-state index contributed by atoms with van der Waals surface area (Å²) in [5.41, 5.74) is 0. The number of hydrogen-bond acceptors (Lipinski definition) is 15. The number of aliphatic hydroxyl groups is 1. The molecule has 17 nitrogen and oxygen atoms in total. The molecule has 0 fully saturated rings. The molecule has 0 amide bonds. The van der Waals surface area contributed by atoms with Crippen LogP contribution in [0.1, 0.15) is 343 Å². The minimum atomic E-state index is -4.95. The van der Waals surface area contributed by atoms with E-state index in [2.05, 4.69) is 34.6 Å². The maximum Gasteiger partial charge on any atom is 0.472 e. The van der Waals surface area contributed by atoms with Crippen molar-refractivity contribution >= 4 is 39.5 Å². The molecule has 510 valence electrons. The van der Waals surface area contributed by atoms with Crippen LogP contribution in [-0.4, -0.2) is 96.7 Å². The second-order valence-corrected chi connectivity index (χ2v) is 27.4. The van der Waals surface area contributed by atoms with Crippen molar-refractivity contribution in [2.45, 2.75) is 361 Å². The van der Waals surface area contributed by atoms with Gasteiger partial charge in [0.2, 0.25) is 0 Å². The summed E-state index contributed by atoms with van der Waals surface area (Å²) in [6, 6.07) is 0. The molecule has 0 aliphatic rings. The van der Waals surface area contributed by atoms with Crippen molar-refractivity contribution in [3.63, 3.8) is 0 Å². The van der Waals surface area contributed by atoms with E-state index >= 15 is 0 Å². The fourth-order valence-corrected chi connectivity index (χ4v) is 11.7. The third kappa shape index (κ3) is 59.7. The summed E-state index contributed by atoms with van der Waals surface area (Å²) in [5.74, 6) is -1.41. The number of carbonyl (C=O) groups excluding carboxylic acids is 4. The Morgan fingerprint density at radius 3 is 0.826 bits per heavy atom. The minimum absolute atomic E-state index is 0.103. The first-order chi connectivity index (χ1) is 41.6. The smallest absolute Gasteiger partial charge is 0.462 e. The Bertz CT molecular complexity index is 1670. The fraction of sp³-hybridized carbons (Fsp3) is 0.940. The summed E-state index contributed by atoms with van der Waals surface area (Å²) < 4.78 is 68.1. The van der Waals surface area contributed by atoms with Crippen molar-refractivity contribution in [2.24, 2.45) is 5.92 Å². The first-order valence-corrected chi connectivity index (χ1v) is 38.2. The third-order valence-corrected chi connectivity index (χ3v) is 17.8. The second kappa shape index (κ2) is 60.6. The molecule has 0 saturated heterocycles. The van der Waals surface area contributed by atoms with Gasteiger partial charge >= 0.3 is 39.5 Å². The van der Waals surface area contributed by atoms with Gasteiger partial charge in [-0.05, 0) is 31.6 Å². The number of aliphatic hydroxyl groups excluding tert-OH is 1. The molecule has 0 aromatic heterocycles. The van der Waals surface area contributed by atoms with Crippen molar-refractivity contribution in [2.75, 3.05) is 39.6 Å². The average molecular weight is 1270 g/mol. The molecule has 3 N–H and O–H groups in total. The van der Waals surface area contributed by atoms with Crippen LogP contribution in [0, 0.1) is 5.92 Å². The summed E-state index contributed by atoms with van der Waals surface area (Å²) >= 11 is 0. The SMILES string of the molecule is CCCCCCCCCCCCCCCCCC(=O)O[C@H](COC(=O)CCCCCCCCCCCCCCC)COP(=O)(O)OC[C@@H](O)COP(=O)(O)OC[C@@H](COC(=O)CCCCCCCCCC)OC(=O)CCCCCCCCC(C)CC. The van der Waals surface area contributed by atoms with Crippen LogP contribution in [0.15, 0.2) is 0 Å². The molecular weight excluding hydrogens is 1140 g/mol. The molecule has 3 unspecified atom stereocenters. The quantitative estimate of drug-likeness (QED) is 0.0222. The monoisotopic (exact) mass is 1270 g/mol. The molecule has 0 aliphatic heterocycles. The second-order valence-electron chi connectivity index (χ2n) is 24.5. The molecule has 86 heavy (non-hydrogen) atoms. The number of phosphoric ester groups is 2.